The van der Waals surface area contributed by atoms with Crippen molar-refractivity contribution in [3.8, 4) is 22.5 Å². The van der Waals surface area contributed by atoms with Crippen molar-refractivity contribution in [2.24, 2.45) is 0 Å². The number of furan rings is 1. The highest BCUT2D eigenvalue weighted by atomic mass is 16.3. The van der Waals surface area contributed by atoms with Gasteiger partial charge in [0.25, 0.3) is 0 Å². The van der Waals surface area contributed by atoms with Gasteiger partial charge in [0, 0.05) is 27.6 Å². The summed E-state index contributed by atoms with van der Waals surface area (Å²) >= 11 is 0. The van der Waals surface area contributed by atoms with E-state index >= 15 is 0 Å². The van der Waals surface area contributed by atoms with Crippen LogP contribution >= 0.6 is 0 Å². The number of benzene rings is 2. The van der Waals surface area contributed by atoms with Gasteiger partial charge in [-0.15, -0.1) is 0 Å². The summed E-state index contributed by atoms with van der Waals surface area (Å²) in [6.07, 6.45) is 0. The Bertz CT molecular complexity index is 993. The van der Waals surface area contributed by atoms with Crippen molar-refractivity contribution in [2.75, 3.05) is 5.73 Å². The first kappa shape index (κ1) is 13.7. The maximum atomic E-state index is 6.29. The van der Waals surface area contributed by atoms with Crippen molar-refractivity contribution in [3.63, 3.8) is 0 Å². The van der Waals surface area contributed by atoms with Crippen LogP contribution in [-0.2, 0) is 0 Å². The van der Waals surface area contributed by atoms with Crippen molar-refractivity contribution in [3.05, 3.63) is 65.9 Å². The molecule has 0 amide bonds. The van der Waals surface area contributed by atoms with E-state index in [4.69, 9.17) is 10.2 Å². The van der Waals surface area contributed by atoms with Gasteiger partial charge in [-0.25, -0.2) is 0 Å². The van der Waals surface area contributed by atoms with E-state index < -0.39 is 0 Å². The van der Waals surface area contributed by atoms with Crippen molar-refractivity contribution in [1.29, 1.82) is 0 Å². The number of aryl methyl sites for hydroxylation is 2. The molecule has 3 nitrogen and oxygen atoms in total. The average molecular weight is 302 g/mol. The quantitative estimate of drug-likeness (QED) is 0.528. The molecule has 2 heterocycles. The van der Waals surface area contributed by atoms with Crippen molar-refractivity contribution >= 4 is 16.7 Å². The molecule has 0 radical (unpaired) electrons. The van der Waals surface area contributed by atoms with Crippen LogP contribution in [0.1, 0.15) is 11.3 Å². The molecule has 0 atom stereocenters. The summed E-state index contributed by atoms with van der Waals surface area (Å²) < 4.78 is 5.99. The summed E-state index contributed by atoms with van der Waals surface area (Å²) in [6.45, 7) is 4.05. The van der Waals surface area contributed by atoms with Crippen molar-refractivity contribution < 1.29 is 4.42 Å². The van der Waals surface area contributed by atoms with Crippen LogP contribution in [0.5, 0.6) is 0 Å². The highest BCUT2D eigenvalue weighted by molar-refractivity contribution is 6.04. The first-order valence-electron chi connectivity index (χ1n) is 7.67. The smallest absolute Gasteiger partial charge is 0.142 e. The molecule has 0 aliphatic carbocycles. The molecule has 4 aromatic rings. The lowest BCUT2D eigenvalue weighted by molar-refractivity contribution is 0.549. The lowest BCUT2D eigenvalue weighted by atomic mass is 9.99. The summed E-state index contributed by atoms with van der Waals surface area (Å²) in [4.78, 5) is 3.28. The summed E-state index contributed by atoms with van der Waals surface area (Å²) in [5.74, 6) is 2.40. The highest BCUT2D eigenvalue weighted by Gasteiger charge is 2.19. The first-order valence-corrected chi connectivity index (χ1v) is 7.67. The van der Waals surface area contributed by atoms with Gasteiger partial charge in [-0.1, -0.05) is 42.0 Å². The van der Waals surface area contributed by atoms with Gasteiger partial charge in [0.1, 0.15) is 17.3 Å². The second kappa shape index (κ2) is 5.06. The van der Waals surface area contributed by atoms with Gasteiger partial charge in [0.05, 0.1) is 0 Å². The van der Waals surface area contributed by atoms with Crippen molar-refractivity contribution in [1.82, 2.24) is 4.98 Å². The van der Waals surface area contributed by atoms with Gasteiger partial charge >= 0.3 is 0 Å². The van der Waals surface area contributed by atoms with E-state index in [0.29, 0.717) is 5.82 Å². The third-order valence-corrected chi connectivity index (χ3v) is 4.14. The second-order valence-corrected chi connectivity index (χ2v) is 5.93. The Morgan fingerprint density at radius 2 is 1.74 bits per heavy atom. The topological polar surface area (TPSA) is 55.0 Å². The number of hydrogen-bond donors (Lipinski definition) is 2. The zero-order valence-corrected chi connectivity index (χ0v) is 13.2. The lowest BCUT2D eigenvalue weighted by Gasteiger charge is -2.04. The van der Waals surface area contributed by atoms with Crippen LogP contribution in [0.3, 0.4) is 0 Å². The van der Waals surface area contributed by atoms with Gasteiger partial charge < -0.3 is 15.1 Å². The molecule has 0 spiro atoms. The normalized spacial score (nSPS) is 11.2. The van der Waals surface area contributed by atoms with Crippen LogP contribution in [0.25, 0.3) is 33.4 Å². The van der Waals surface area contributed by atoms with Crippen LogP contribution in [0.2, 0.25) is 0 Å². The number of aromatic amines is 1. The maximum absolute atomic E-state index is 6.29. The van der Waals surface area contributed by atoms with Gasteiger partial charge in [-0.05, 0) is 32.0 Å². The molecule has 0 aliphatic rings. The number of nitrogen functional groups attached to an aromatic ring is 1. The fraction of sp³-hybridized carbons (Fsp3) is 0.100. The Morgan fingerprint density at radius 3 is 2.52 bits per heavy atom. The Labute approximate surface area is 134 Å². The predicted octanol–water partition coefficient (Wildman–Crippen LogP) is 5.29. The number of nitrogens with two attached hydrogens (primary N) is 1. The number of rotatable bonds is 2. The fourth-order valence-corrected chi connectivity index (χ4v) is 3.12. The minimum atomic E-state index is 0.670. The summed E-state index contributed by atoms with van der Waals surface area (Å²) in [7, 11) is 0. The van der Waals surface area contributed by atoms with Crippen LogP contribution < -0.4 is 5.73 Å². The lowest BCUT2D eigenvalue weighted by Crippen LogP contribution is -1.88. The van der Waals surface area contributed by atoms with Gasteiger partial charge in [0.15, 0.2) is 0 Å². The average Bonchev–Trinajstić information content (AvgIpc) is 3.07. The molecule has 3 heteroatoms. The molecule has 0 saturated carbocycles. The molecule has 0 saturated heterocycles. The predicted molar refractivity (Wildman–Crippen MR) is 95.3 cm³/mol. The molecule has 0 bridgehead atoms. The van der Waals surface area contributed by atoms with E-state index in [2.05, 4.69) is 48.3 Å². The Kier molecular flexibility index (Phi) is 3.01. The Hall–Kier alpha value is -2.94. The standard InChI is InChI=1S/C20H18N2O/c1-12-8-9-17-15(10-12)18(20(21)22-17)16-11-13(2)23-19(16)14-6-4-3-5-7-14/h3-11,22H,21H2,1-2H3. The second-order valence-electron chi connectivity index (χ2n) is 5.93. The molecule has 0 fully saturated rings. The van der Waals surface area contributed by atoms with E-state index in [1.54, 1.807) is 0 Å². The molecule has 3 N–H and O–H groups in total. The fourth-order valence-electron chi connectivity index (χ4n) is 3.12. The van der Waals surface area contributed by atoms with Gasteiger partial charge in [-0.2, -0.15) is 0 Å². The molecular formula is C20H18N2O. The largest absolute Gasteiger partial charge is 0.461 e. The minimum Gasteiger partial charge on any atom is -0.461 e. The summed E-state index contributed by atoms with van der Waals surface area (Å²) in [6, 6.07) is 18.5. The summed E-state index contributed by atoms with van der Waals surface area (Å²) in [5, 5.41) is 1.13. The minimum absolute atomic E-state index is 0.670. The number of anilines is 1. The molecular weight excluding hydrogens is 284 g/mol. The molecule has 0 unspecified atom stereocenters. The van der Waals surface area contributed by atoms with Crippen LogP contribution in [0, 0.1) is 13.8 Å². The van der Waals surface area contributed by atoms with E-state index in [-0.39, 0.29) is 0 Å². The molecule has 2 aromatic heterocycles. The zero-order chi connectivity index (χ0) is 16.0. The SMILES string of the molecule is Cc1ccc2[nH]c(N)c(-c3cc(C)oc3-c3ccccc3)c2c1. The zero-order valence-electron chi connectivity index (χ0n) is 13.2. The Morgan fingerprint density at radius 1 is 0.957 bits per heavy atom. The van der Waals surface area contributed by atoms with Crippen LogP contribution in [0.15, 0.2) is 59.0 Å². The van der Waals surface area contributed by atoms with Crippen LogP contribution in [-0.4, -0.2) is 4.98 Å². The maximum Gasteiger partial charge on any atom is 0.142 e. The third-order valence-electron chi connectivity index (χ3n) is 4.14. The van der Waals surface area contributed by atoms with E-state index in [1.165, 1.54) is 5.56 Å². The van der Waals surface area contributed by atoms with Crippen LogP contribution in [0.4, 0.5) is 5.82 Å². The van der Waals surface area contributed by atoms with E-state index in [9.17, 15) is 0 Å². The van der Waals surface area contributed by atoms with Crippen molar-refractivity contribution in [2.45, 2.75) is 13.8 Å². The van der Waals surface area contributed by atoms with E-state index in [0.717, 1.165) is 39.1 Å². The number of fused-ring (bicyclic) bond motifs is 1. The first-order chi connectivity index (χ1) is 11.1. The molecule has 2 aromatic carbocycles. The molecule has 23 heavy (non-hydrogen) atoms. The highest BCUT2D eigenvalue weighted by Crippen LogP contribution is 2.41. The molecule has 114 valence electrons. The summed E-state index contributed by atoms with van der Waals surface area (Å²) in [5.41, 5.74) is 11.6. The van der Waals surface area contributed by atoms with Gasteiger partial charge in [0.2, 0.25) is 0 Å². The number of nitrogens with one attached hydrogen (secondary N) is 1. The molecule has 4 rings (SSSR count). The number of aromatic nitrogens is 1. The monoisotopic (exact) mass is 302 g/mol. The number of hydrogen-bond acceptors (Lipinski definition) is 2. The molecule has 0 aliphatic heterocycles. The third kappa shape index (κ3) is 2.21. The van der Waals surface area contributed by atoms with E-state index in [1.807, 2.05) is 25.1 Å². The van der Waals surface area contributed by atoms with Gasteiger partial charge in [-0.3, -0.25) is 0 Å². The Balaban J connectivity index is 2.03. The number of H-pyrrole nitrogens is 1.